The zero-order valence-corrected chi connectivity index (χ0v) is 20.3. The molecule has 0 aliphatic carbocycles. The molecule has 0 radical (unpaired) electrons. The number of amides is 1. The third-order valence-corrected chi connectivity index (χ3v) is 6.52. The molecule has 184 valence electrons. The summed E-state index contributed by atoms with van der Waals surface area (Å²) in [5, 5.41) is 4.10. The van der Waals surface area contributed by atoms with Gasteiger partial charge in [-0.05, 0) is 66.9 Å². The minimum Gasteiger partial charge on any atom is -0.490 e. The Hall–Kier alpha value is -4.62. The summed E-state index contributed by atoms with van der Waals surface area (Å²) in [6.07, 6.45) is 7.95. The van der Waals surface area contributed by atoms with Gasteiger partial charge in [-0.2, -0.15) is 0 Å². The van der Waals surface area contributed by atoms with E-state index >= 15 is 0 Å². The first-order valence-electron chi connectivity index (χ1n) is 12.2. The number of benzene rings is 2. The lowest BCUT2D eigenvalue weighted by molar-refractivity contribution is -0.110. The molecule has 2 aromatic carbocycles. The summed E-state index contributed by atoms with van der Waals surface area (Å²) < 4.78 is 11.7. The van der Waals surface area contributed by atoms with Crippen molar-refractivity contribution in [3.8, 4) is 16.9 Å². The van der Waals surface area contributed by atoms with Gasteiger partial charge in [-0.15, -0.1) is 0 Å². The number of furan rings is 1. The first-order chi connectivity index (χ1) is 18.0. The Labute approximate surface area is 214 Å². The van der Waals surface area contributed by atoms with Crippen LogP contribution in [0.1, 0.15) is 22.6 Å². The van der Waals surface area contributed by atoms with E-state index in [1.807, 2.05) is 61.7 Å². The number of aryl methyl sites for hydroxylation is 1. The monoisotopic (exact) mass is 490 g/mol. The average Bonchev–Trinajstić information content (AvgIpc) is 3.60. The quantitative estimate of drug-likeness (QED) is 0.259. The predicted molar refractivity (Wildman–Crippen MR) is 145 cm³/mol. The number of aromatic nitrogens is 2. The molecule has 7 heteroatoms. The van der Waals surface area contributed by atoms with Gasteiger partial charge in [0.2, 0.25) is 0 Å². The molecule has 1 aliphatic heterocycles. The fourth-order valence-electron chi connectivity index (χ4n) is 4.68. The molecular weight excluding hydrogens is 464 g/mol. The summed E-state index contributed by atoms with van der Waals surface area (Å²) in [5.41, 5.74) is 12.6. The third-order valence-electron chi connectivity index (χ3n) is 6.52. The van der Waals surface area contributed by atoms with Crippen molar-refractivity contribution in [2.45, 2.75) is 19.4 Å². The average molecular weight is 491 g/mol. The van der Waals surface area contributed by atoms with Gasteiger partial charge in [0, 0.05) is 46.2 Å². The Bertz CT molecular complexity index is 1650. The number of hydrogen-bond donors (Lipinski definition) is 3. The Balaban J connectivity index is 1.18. The lowest BCUT2D eigenvalue weighted by Crippen LogP contribution is -2.30. The number of hydrogen-bond acceptors (Lipinski definition) is 5. The van der Waals surface area contributed by atoms with Crippen LogP contribution in [0.4, 0.5) is 5.69 Å². The number of nitrogens with zero attached hydrogens (tertiary/aromatic N) is 1. The summed E-state index contributed by atoms with van der Waals surface area (Å²) in [6, 6.07) is 19.5. The number of ether oxygens (including phenoxy) is 1. The highest BCUT2D eigenvalue weighted by atomic mass is 16.5. The molecule has 0 fully saturated rings. The van der Waals surface area contributed by atoms with Crippen LogP contribution in [-0.2, 0) is 11.2 Å². The Morgan fingerprint density at radius 1 is 1.08 bits per heavy atom. The van der Waals surface area contributed by atoms with E-state index in [9.17, 15) is 4.79 Å². The molecule has 4 N–H and O–H groups in total. The highest BCUT2D eigenvalue weighted by molar-refractivity contribution is 6.35. The van der Waals surface area contributed by atoms with Gasteiger partial charge in [0.1, 0.15) is 23.9 Å². The van der Waals surface area contributed by atoms with E-state index in [2.05, 4.69) is 27.4 Å². The molecule has 6 rings (SSSR count). The van der Waals surface area contributed by atoms with Gasteiger partial charge in [0.05, 0.1) is 11.8 Å². The smallest absolute Gasteiger partial charge is 0.256 e. The number of pyridine rings is 1. The van der Waals surface area contributed by atoms with Crippen molar-refractivity contribution in [3.05, 3.63) is 102 Å². The second-order valence-electron chi connectivity index (χ2n) is 9.26. The number of nitrogens with two attached hydrogens (primary N) is 1. The maximum atomic E-state index is 12.6. The maximum absolute atomic E-state index is 12.6. The van der Waals surface area contributed by atoms with Gasteiger partial charge in [-0.25, -0.2) is 0 Å². The van der Waals surface area contributed by atoms with E-state index < -0.39 is 0 Å². The van der Waals surface area contributed by atoms with Gasteiger partial charge < -0.3 is 25.2 Å². The van der Waals surface area contributed by atoms with Crippen molar-refractivity contribution < 1.29 is 13.9 Å². The number of nitrogens with one attached hydrogen (secondary N) is 2. The van der Waals surface area contributed by atoms with Crippen LogP contribution in [0.2, 0.25) is 0 Å². The number of anilines is 1. The zero-order chi connectivity index (χ0) is 25.4. The lowest BCUT2D eigenvalue weighted by atomic mass is 10.00. The molecule has 1 atom stereocenters. The Morgan fingerprint density at radius 3 is 2.84 bits per heavy atom. The summed E-state index contributed by atoms with van der Waals surface area (Å²) >= 11 is 0. The van der Waals surface area contributed by atoms with Crippen molar-refractivity contribution in [2.24, 2.45) is 5.73 Å². The molecule has 1 amide bonds. The zero-order valence-electron chi connectivity index (χ0n) is 20.3. The van der Waals surface area contributed by atoms with Crippen molar-refractivity contribution in [3.63, 3.8) is 0 Å². The van der Waals surface area contributed by atoms with Crippen LogP contribution in [0.5, 0.6) is 5.75 Å². The van der Waals surface area contributed by atoms with Gasteiger partial charge in [0.25, 0.3) is 5.91 Å². The topological polar surface area (TPSA) is 106 Å². The van der Waals surface area contributed by atoms with Crippen LogP contribution in [-0.4, -0.2) is 28.5 Å². The second-order valence-corrected chi connectivity index (χ2v) is 9.26. The summed E-state index contributed by atoms with van der Waals surface area (Å²) in [5.74, 6) is 1.93. The van der Waals surface area contributed by atoms with Crippen LogP contribution in [0.3, 0.4) is 0 Å². The fraction of sp³-hybridized carbons (Fsp3) is 0.133. The number of para-hydroxylation sites is 1. The molecule has 0 bridgehead atoms. The standard InChI is InChI=1S/C30H26N4O3/c1-18-6-8-23(37-18)13-27-26-12-19(7-9-29(26)34-30(27)35)20-11-24(16-32-14-20)36-17-22(31)10-21-15-33-28-5-3-2-4-25(21)28/h2-9,11-16,22,33H,10,17,31H2,1H3,(H,34,35)/b27-13-/t22-/m0/s1. The SMILES string of the molecule is Cc1ccc(/C=C2\C(=O)Nc3ccc(-c4cncc(OC[C@@H](N)Cc5c[nH]c6ccccc56)c4)cc32)o1. The summed E-state index contributed by atoms with van der Waals surface area (Å²) in [7, 11) is 0. The molecule has 0 unspecified atom stereocenters. The summed E-state index contributed by atoms with van der Waals surface area (Å²) in [6.45, 7) is 2.24. The van der Waals surface area contributed by atoms with Crippen molar-refractivity contribution >= 4 is 34.1 Å². The van der Waals surface area contributed by atoms with E-state index in [4.69, 9.17) is 14.9 Å². The van der Waals surface area contributed by atoms with Gasteiger partial charge in [-0.1, -0.05) is 24.3 Å². The van der Waals surface area contributed by atoms with Crippen LogP contribution in [0, 0.1) is 6.92 Å². The van der Waals surface area contributed by atoms with Crippen LogP contribution < -0.4 is 15.8 Å². The first-order valence-corrected chi connectivity index (χ1v) is 12.2. The molecule has 0 saturated heterocycles. The van der Waals surface area contributed by atoms with Gasteiger partial charge in [0.15, 0.2) is 0 Å². The van der Waals surface area contributed by atoms with Crippen LogP contribution in [0.15, 0.2) is 83.7 Å². The van der Waals surface area contributed by atoms with Gasteiger partial charge in [-0.3, -0.25) is 9.78 Å². The number of carbonyl (C=O) groups excluding carboxylic acids is 1. The first kappa shape index (κ1) is 22.8. The number of rotatable bonds is 7. The number of fused-ring (bicyclic) bond motifs is 2. The molecule has 37 heavy (non-hydrogen) atoms. The third kappa shape index (κ3) is 4.64. The molecule has 4 heterocycles. The summed E-state index contributed by atoms with van der Waals surface area (Å²) in [4.78, 5) is 20.3. The Morgan fingerprint density at radius 2 is 1.97 bits per heavy atom. The maximum Gasteiger partial charge on any atom is 0.256 e. The van der Waals surface area contributed by atoms with Crippen LogP contribution >= 0.6 is 0 Å². The fourth-order valence-corrected chi connectivity index (χ4v) is 4.68. The molecule has 0 saturated carbocycles. The molecule has 5 aromatic rings. The van der Waals surface area contributed by atoms with E-state index in [0.29, 0.717) is 30.1 Å². The highest BCUT2D eigenvalue weighted by Crippen LogP contribution is 2.37. The van der Waals surface area contributed by atoms with E-state index in [0.717, 1.165) is 33.7 Å². The molecule has 1 aliphatic rings. The molecular formula is C30H26N4O3. The minimum atomic E-state index is -0.169. The minimum absolute atomic E-state index is 0.152. The predicted octanol–water partition coefficient (Wildman–Crippen LogP) is 5.57. The van der Waals surface area contributed by atoms with Crippen molar-refractivity contribution in [1.82, 2.24) is 9.97 Å². The lowest BCUT2D eigenvalue weighted by Gasteiger charge is -2.13. The highest BCUT2D eigenvalue weighted by Gasteiger charge is 2.25. The van der Waals surface area contributed by atoms with E-state index in [1.54, 1.807) is 18.5 Å². The molecule has 7 nitrogen and oxygen atoms in total. The number of aromatic amines is 1. The van der Waals surface area contributed by atoms with Gasteiger partial charge >= 0.3 is 0 Å². The number of carbonyl (C=O) groups is 1. The molecule has 0 spiro atoms. The largest absolute Gasteiger partial charge is 0.490 e. The van der Waals surface area contributed by atoms with Crippen molar-refractivity contribution in [1.29, 1.82) is 0 Å². The van der Waals surface area contributed by atoms with Crippen molar-refractivity contribution in [2.75, 3.05) is 11.9 Å². The van der Waals surface area contributed by atoms with E-state index in [-0.39, 0.29) is 11.9 Å². The second kappa shape index (κ2) is 9.44. The molecule has 3 aromatic heterocycles. The Kier molecular flexibility index (Phi) is 5.82. The normalized spacial score (nSPS) is 14.6. The van der Waals surface area contributed by atoms with E-state index in [1.165, 1.54) is 10.9 Å². The number of H-pyrrole nitrogens is 1. The van der Waals surface area contributed by atoms with Crippen LogP contribution in [0.25, 0.3) is 33.7 Å².